The number of thiazole rings is 1. The molecule has 0 atom stereocenters. The lowest BCUT2D eigenvalue weighted by Crippen LogP contribution is -2.20. The van der Waals surface area contributed by atoms with E-state index in [4.69, 9.17) is 4.74 Å². The number of carbonyl (C=O) groups is 2. The molecule has 1 aromatic heterocycles. The van der Waals surface area contributed by atoms with Gasteiger partial charge in [-0.3, -0.25) is 9.59 Å². The van der Waals surface area contributed by atoms with E-state index in [2.05, 4.69) is 15.6 Å². The number of para-hydroxylation sites is 2. The van der Waals surface area contributed by atoms with Crippen LogP contribution < -0.4 is 15.4 Å². The van der Waals surface area contributed by atoms with Crippen molar-refractivity contribution >= 4 is 34.0 Å². The molecule has 1 fully saturated rings. The van der Waals surface area contributed by atoms with Gasteiger partial charge in [-0.15, -0.1) is 11.3 Å². The maximum absolute atomic E-state index is 12.2. The summed E-state index contributed by atoms with van der Waals surface area (Å²) in [5, 5.41) is 8.03. The largest absolute Gasteiger partial charge is 0.495 e. The molecule has 7 heteroatoms. The van der Waals surface area contributed by atoms with Crippen molar-refractivity contribution in [2.45, 2.75) is 32.1 Å². The van der Waals surface area contributed by atoms with Gasteiger partial charge in [0.15, 0.2) is 5.13 Å². The molecular formula is C18H21N3O3S. The number of hydrogen-bond acceptors (Lipinski definition) is 5. The minimum absolute atomic E-state index is 0.0388. The number of carbonyl (C=O) groups excluding carboxylic acids is 2. The number of methoxy groups -OCH3 is 1. The van der Waals surface area contributed by atoms with Gasteiger partial charge in [0.05, 0.1) is 24.9 Å². The summed E-state index contributed by atoms with van der Waals surface area (Å²) >= 11 is 1.34. The average Bonchev–Trinajstić information content (AvgIpc) is 3.27. The zero-order valence-corrected chi connectivity index (χ0v) is 14.9. The van der Waals surface area contributed by atoms with Gasteiger partial charge in [-0.05, 0) is 25.0 Å². The Balaban J connectivity index is 1.55. The fourth-order valence-corrected chi connectivity index (χ4v) is 3.66. The minimum atomic E-state index is -0.177. The smallest absolute Gasteiger partial charge is 0.230 e. The number of anilines is 2. The Labute approximate surface area is 150 Å². The quantitative estimate of drug-likeness (QED) is 0.828. The van der Waals surface area contributed by atoms with Crippen molar-refractivity contribution in [3.8, 4) is 5.75 Å². The molecule has 0 aliphatic heterocycles. The van der Waals surface area contributed by atoms with Gasteiger partial charge in [-0.25, -0.2) is 4.98 Å². The molecule has 2 aromatic rings. The molecule has 3 rings (SSSR count). The Bertz CT molecular complexity index is 754. The van der Waals surface area contributed by atoms with Gasteiger partial charge in [0.2, 0.25) is 11.8 Å². The third-order valence-electron chi connectivity index (χ3n) is 4.23. The summed E-state index contributed by atoms with van der Waals surface area (Å²) in [5.41, 5.74) is 1.26. The number of nitrogens with zero attached hydrogens (tertiary/aromatic N) is 1. The molecule has 132 valence electrons. The van der Waals surface area contributed by atoms with E-state index in [0.29, 0.717) is 22.3 Å². The van der Waals surface area contributed by atoms with E-state index in [1.54, 1.807) is 24.6 Å². The number of benzene rings is 1. The first-order chi connectivity index (χ1) is 12.2. The maximum Gasteiger partial charge on any atom is 0.230 e. The predicted molar refractivity (Wildman–Crippen MR) is 98.0 cm³/mol. The fourth-order valence-electron chi connectivity index (χ4n) is 2.95. The van der Waals surface area contributed by atoms with Crippen LogP contribution in [0.1, 0.15) is 31.4 Å². The topological polar surface area (TPSA) is 80.3 Å². The lowest BCUT2D eigenvalue weighted by atomic mass is 10.1. The van der Waals surface area contributed by atoms with Gasteiger partial charge >= 0.3 is 0 Å². The molecule has 2 N–H and O–H groups in total. The summed E-state index contributed by atoms with van der Waals surface area (Å²) in [6, 6.07) is 7.24. The highest BCUT2D eigenvalue weighted by Crippen LogP contribution is 2.27. The molecule has 1 aliphatic carbocycles. The molecule has 0 radical (unpaired) electrons. The summed E-state index contributed by atoms with van der Waals surface area (Å²) in [4.78, 5) is 28.7. The molecule has 1 saturated carbocycles. The van der Waals surface area contributed by atoms with Crippen molar-refractivity contribution in [2.24, 2.45) is 5.92 Å². The molecule has 6 nitrogen and oxygen atoms in total. The number of ether oxygens (including phenoxy) is 1. The molecule has 0 spiro atoms. The Kier molecular flexibility index (Phi) is 5.65. The van der Waals surface area contributed by atoms with E-state index in [-0.39, 0.29) is 24.2 Å². The van der Waals surface area contributed by atoms with Gasteiger partial charge in [0, 0.05) is 11.3 Å². The highest BCUT2D eigenvalue weighted by molar-refractivity contribution is 7.13. The standard InChI is InChI=1S/C18H21N3O3S/c1-24-15-9-5-4-8-14(15)20-16(22)10-13-11-25-18(19-13)21-17(23)12-6-2-3-7-12/h4-5,8-9,11-12H,2-3,6-7,10H2,1H3,(H,20,22)(H,19,21,23). The molecule has 0 saturated heterocycles. The monoisotopic (exact) mass is 359 g/mol. The Hall–Kier alpha value is -2.41. The van der Waals surface area contributed by atoms with Crippen LogP contribution in [0.5, 0.6) is 5.75 Å². The van der Waals surface area contributed by atoms with E-state index in [1.165, 1.54) is 11.3 Å². The van der Waals surface area contributed by atoms with E-state index in [9.17, 15) is 9.59 Å². The molecule has 1 aliphatic rings. The summed E-state index contributed by atoms with van der Waals surface area (Å²) in [7, 11) is 1.56. The van der Waals surface area contributed by atoms with E-state index in [1.807, 2.05) is 12.1 Å². The molecule has 2 amide bonds. The van der Waals surface area contributed by atoms with Crippen LogP contribution in [-0.2, 0) is 16.0 Å². The van der Waals surface area contributed by atoms with Crippen molar-refractivity contribution in [3.05, 3.63) is 35.3 Å². The van der Waals surface area contributed by atoms with Crippen LogP contribution in [0.4, 0.5) is 10.8 Å². The van der Waals surface area contributed by atoms with Crippen molar-refractivity contribution in [1.29, 1.82) is 0 Å². The van der Waals surface area contributed by atoms with Gasteiger partial charge < -0.3 is 15.4 Å². The van der Waals surface area contributed by atoms with Gasteiger partial charge in [-0.2, -0.15) is 0 Å². The summed E-state index contributed by atoms with van der Waals surface area (Å²) in [5.74, 6) is 0.570. The van der Waals surface area contributed by atoms with E-state index < -0.39 is 0 Å². The lowest BCUT2D eigenvalue weighted by Gasteiger charge is -2.09. The zero-order chi connectivity index (χ0) is 17.6. The number of hydrogen-bond donors (Lipinski definition) is 2. The van der Waals surface area contributed by atoms with E-state index >= 15 is 0 Å². The van der Waals surface area contributed by atoms with Gasteiger partial charge in [0.25, 0.3) is 0 Å². The van der Waals surface area contributed by atoms with Crippen LogP contribution in [-0.4, -0.2) is 23.9 Å². The van der Waals surface area contributed by atoms with E-state index in [0.717, 1.165) is 25.7 Å². The maximum atomic E-state index is 12.2. The lowest BCUT2D eigenvalue weighted by molar-refractivity contribution is -0.119. The Morgan fingerprint density at radius 3 is 2.76 bits per heavy atom. The summed E-state index contributed by atoms with van der Waals surface area (Å²) in [6.07, 6.45) is 4.28. The van der Waals surface area contributed by atoms with Gasteiger partial charge in [0.1, 0.15) is 5.75 Å². The van der Waals surface area contributed by atoms with Crippen LogP contribution >= 0.6 is 11.3 Å². The molecule has 25 heavy (non-hydrogen) atoms. The minimum Gasteiger partial charge on any atom is -0.495 e. The number of amides is 2. The summed E-state index contributed by atoms with van der Waals surface area (Å²) in [6.45, 7) is 0. The summed E-state index contributed by atoms with van der Waals surface area (Å²) < 4.78 is 5.22. The van der Waals surface area contributed by atoms with Crippen LogP contribution in [0.3, 0.4) is 0 Å². The first-order valence-corrected chi connectivity index (χ1v) is 9.22. The van der Waals surface area contributed by atoms with Gasteiger partial charge in [-0.1, -0.05) is 25.0 Å². The molecule has 0 unspecified atom stereocenters. The zero-order valence-electron chi connectivity index (χ0n) is 14.1. The highest BCUT2D eigenvalue weighted by Gasteiger charge is 2.23. The molecule has 0 bridgehead atoms. The Morgan fingerprint density at radius 1 is 1.24 bits per heavy atom. The fraction of sp³-hybridized carbons (Fsp3) is 0.389. The van der Waals surface area contributed by atoms with Crippen molar-refractivity contribution < 1.29 is 14.3 Å². The van der Waals surface area contributed by atoms with Crippen LogP contribution in [0.2, 0.25) is 0 Å². The Morgan fingerprint density at radius 2 is 2.00 bits per heavy atom. The third kappa shape index (κ3) is 4.57. The normalized spacial score (nSPS) is 14.3. The number of aromatic nitrogens is 1. The molecule has 1 aromatic carbocycles. The average molecular weight is 359 g/mol. The third-order valence-corrected chi connectivity index (χ3v) is 5.04. The second kappa shape index (κ2) is 8.11. The SMILES string of the molecule is COc1ccccc1NC(=O)Cc1csc(NC(=O)C2CCCC2)n1. The van der Waals surface area contributed by atoms with Crippen molar-refractivity contribution in [1.82, 2.24) is 4.98 Å². The second-order valence-corrected chi connectivity index (χ2v) is 6.90. The van der Waals surface area contributed by atoms with Crippen LogP contribution in [0.15, 0.2) is 29.6 Å². The van der Waals surface area contributed by atoms with Crippen LogP contribution in [0, 0.1) is 5.92 Å². The molecular weight excluding hydrogens is 338 g/mol. The number of rotatable bonds is 6. The second-order valence-electron chi connectivity index (χ2n) is 6.04. The highest BCUT2D eigenvalue weighted by atomic mass is 32.1. The predicted octanol–water partition coefficient (Wildman–Crippen LogP) is 3.46. The first-order valence-electron chi connectivity index (χ1n) is 8.34. The van der Waals surface area contributed by atoms with Crippen LogP contribution in [0.25, 0.3) is 0 Å². The van der Waals surface area contributed by atoms with Crippen molar-refractivity contribution in [3.63, 3.8) is 0 Å². The molecule has 1 heterocycles. The van der Waals surface area contributed by atoms with Crippen molar-refractivity contribution in [2.75, 3.05) is 17.7 Å². The first kappa shape index (κ1) is 17.4. The number of nitrogens with one attached hydrogen (secondary N) is 2.